The number of methoxy groups -OCH3 is 1. The molecule has 0 aliphatic rings. The van der Waals surface area contributed by atoms with Gasteiger partial charge in [0.05, 0.1) is 7.11 Å². The molecule has 0 saturated carbocycles. The summed E-state index contributed by atoms with van der Waals surface area (Å²) in [5, 5.41) is 10.1. The Morgan fingerprint density at radius 3 is 2.10 bits per heavy atom. The standard InChI is InChI=1S/C17H20O3/c1-3-13-4-6-14(7-5-13)17(18)12-20-16-10-8-15(19-2)9-11-16/h4-11,17-18H,3,12H2,1-2H3. The Bertz CT molecular complexity index is 517. The summed E-state index contributed by atoms with van der Waals surface area (Å²) in [6.45, 7) is 2.34. The minimum Gasteiger partial charge on any atom is -0.497 e. The Morgan fingerprint density at radius 2 is 1.55 bits per heavy atom. The van der Waals surface area contributed by atoms with Crippen LogP contribution in [0, 0.1) is 0 Å². The van der Waals surface area contributed by atoms with Crippen molar-refractivity contribution < 1.29 is 14.6 Å². The second-order valence-corrected chi connectivity index (χ2v) is 4.60. The number of aliphatic hydroxyl groups is 1. The van der Waals surface area contributed by atoms with E-state index in [1.807, 2.05) is 48.5 Å². The van der Waals surface area contributed by atoms with E-state index in [0.717, 1.165) is 23.5 Å². The monoisotopic (exact) mass is 272 g/mol. The molecule has 0 radical (unpaired) electrons. The predicted molar refractivity (Wildman–Crippen MR) is 79.3 cm³/mol. The Balaban J connectivity index is 1.91. The van der Waals surface area contributed by atoms with Crippen LogP contribution >= 0.6 is 0 Å². The highest BCUT2D eigenvalue weighted by Crippen LogP contribution is 2.20. The molecule has 0 aliphatic heterocycles. The van der Waals surface area contributed by atoms with E-state index < -0.39 is 6.10 Å². The molecule has 0 aliphatic carbocycles. The molecule has 106 valence electrons. The van der Waals surface area contributed by atoms with Crippen molar-refractivity contribution in [2.75, 3.05) is 13.7 Å². The predicted octanol–water partition coefficient (Wildman–Crippen LogP) is 3.37. The van der Waals surface area contributed by atoms with E-state index in [1.54, 1.807) is 7.11 Å². The van der Waals surface area contributed by atoms with Crippen LogP contribution in [0.4, 0.5) is 0 Å². The van der Waals surface area contributed by atoms with Crippen molar-refractivity contribution in [2.45, 2.75) is 19.4 Å². The number of rotatable bonds is 6. The molecule has 1 atom stereocenters. The van der Waals surface area contributed by atoms with E-state index in [1.165, 1.54) is 5.56 Å². The lowest BCUT2D eigenvalue weighted by Crippen LogP contribution is -2.09. The molecular weight excluding hydrogens is 252 g/mol. The topological polar surface area (TPSA) is 38.7 Å². The molecule has 3 nitrogen and oxygen atoms in total. The highest BCUT2D eigenvalue weighted by atomic mass is 16.5. The first-order valence-corrected chi connectivity index (χ1v) is 6.76. The van der Waals surface area contributed by atoms with Gasteiger partial charge in [-0.3, -0.25) is 0 Å². The van der Waals surface area contributed by atoms with E-state index in [2.05, 4.69) is 6.92 Å². The van der Waals surface area contributed by atoms with Gasteiger partial charge in [0.25, 0.3) is 0 Å². The van der Waals surface area contributed by atoms with Crippen molar-refractivity contribution in [3.05, 3.63) is 59.7 Å². The van der Waals surface area contributed by atoms with Crippen LogP contribution in [0.1, 0.15) is 24.2 Å². The zero-order valence-electron chi connectivity index (χ0n) is 11.9. The average molecular weight is 272 g/mol. The lowest BCUT2D eigenvalue weighted by Gasteiger charge is -2.13. The number of hydrogen-bond donors (Lipinski definition) is 1. The maximum atomic E-state index is 10.1. The van der Waals surface area contributed by atoms with Crippen molar-refractivity contribution in [1.82, 2.24) is 0 Å². The molecule has 0 bridgehead atoms. The highest BCUT2D eigenvalue weighted by molar-refractivity contribution is 5.31. The zero-order valence-corrected chi connectivity index (χ0v) is 11.9. The van der Waals surface area contributed by atoms with E-state index >= 15 is 0 Å². The summed E-state index contributed by atoms with van der Waals surface area (Å²) in [7, 11) is 1.62. The molecule has 20 heavy (non-hydrogen) atoms. The zero-order chi connectivity index (χ0) is 14.4. The quantitative estimate of drug-likeness (QED) is 0.876. The molecule has 1 unspecified atom stereocenters. The van der Waals surface area contributed by atoms with Crippen molar-refractivity contribution in [3.63, 3.8) is 0 Å². The van der Waals surface area contributed by atoms with Gasteiger partial charge in [-0.05, 0) is 41.8 Å². The van der Waals surface area contributed by atoms with Gasteiger partial charge in [-0.25, -0.2) is 0 Å². The van der Waals surface area contributed by atoms with E-state index in [9.17, 15) is 5.11 Å². The number of benzene rings is 2. The van der Waals surface area contributed by atoms with Gasteiger partial charge in [-0.2, -0.15) is 0 Å². The van der Waals surface area contributed by atoms with Crippen LogP contribution in [0.25, 0.3) is 0 Å². The number of aryl methyl sites for hydroxylation is 1. The van der Waals surface area contributed by atoms with Crippen LogP contribution in [0.15, 0.2) is 48.5 Å². The van der Waals surface area contributed by atoms with E-state index in [0.29, 0.717) is 0 Å². The van der Waals surface area contributed by atoms with Gasteiger partial charge in [0.15, 0.2) is 0 Å². The molecule has 0 fully saturated rings. The minimum atomic E-state index is -0.622. The molecule has 0 saturated heterocycles. The summed E-state index contributed by atoms with van der Waals surface area (Å²) in [6, 6.07) is 15.3. The first-order chi connectivity index (χ1) is 9.72. The van der Waals surface area contributed by atoms with Gasteiger partial charge in [0.2, 0.25) is 0 Å². The lowest BCUT2D eigenvalue weighted by atomic mass is 10.1. The first-order valence-electron chi connectivity index (χ1n) is 6.76. The number of ether oxygens (including phenoxy) is 2. The summed E-state index contributed by atoms with van der Waals surface area (Å²) in [4.78, 5) is 0. The van der Waals surface area contributed by atoms with Crippen LogP contribution in [-0.2, 0) is 6.42 Å². The third-order valence-electron chi connectivity index (χ3n) is 3.24. The molecule has 0 aromatic heterocycles. The fraction of sp³-hybridized carbons (Fsp3) is 0.294. The van der Waals surface area contributed by atoms with Gasteiger partial charge in [-0.15, -0.1) is 0 Å². The van der Waals surface area contributed by atoms with Crippen molar-refractivity contribution in [2.24, 2.45) is 0 Å². The van der Waals surface area contributed by atoms with Crippen LogP contribution in [0.2, 0.25) is 0 Å². The fourth-order valence-corrected chi connectivity index (χ4v) is 1.92. The van der Waals surface area contributed by atoms with Gasteiger partial charge in [0, 0.05) is 0 Å². The van der Waals surface area contributed by atoms with Crippen molar-refractivity contribution in [1.29, 1.82) is 0 Å². The molecule has 0 spiro atoms. The number of hydrogen-bond acceptors (Lipinski definition) is 3. The molecule has 0 amide bonds. The average Bonchev–Trinajstić information content (AvgIpc) is 2.53. The molecule has 2 aromatic carbocycles. The smallest absolute Gasteiger partial charge is 0.119 e. The first kappa shape index (κ1) is 14.4. The Hall–Kier alpha value is -2.00. The maximum absolute atomic E-state index is 10.1. The van der Waals surface area contributed by atoms with Gasteiger partial charge >= 0.3 is 0 Å². The fourth-order valence-electron chi connectivity index (χ4n) is 1.92. The summed E-state index contributed by atoms with van der Waals surface area (Å²) >= 11 is 0. The van der Waals surface area contributed by atoms with Crippen molar-refractivity contribution in [3.8, 4) is 11.5 Å². The maximum Gasteiger partial charge on any atom is 0.119 e. The Kier molecular flexibility index (Phi) is 5.02. The minimum absolute atomic E-state index is 0.234. The molecule has 2 rings (SSSR count). The van der Waals surface area contributed by atoms with E-state index in [4.69, 9.17) is 9.47 Å². The van der Waals surface area contributed by atoms with Gasteiger partial charge < -0.3 is 14.6 Å². The Morgan fingerprint density at radius 1 is 0.950 bits per heavy atom. The molecular formula is C17H20O3. The van der Waals surface area contributed by atoms with Gasteiger partial charge in [0.1, 0.15) is 24.2 Å². The molecule has 2 aromatic rings. The van der Waals surface area contributed by atoms with Crippen LogP contribution in [-0.4, -0.2) is 18.8 Å². The highest BCUT2D eigenvalue weighted by Gasteiger charge is 2.08. The van der Waals surface area contributed by atoms with E-state index in [-0.39, 0.29) is 6.61 Å². The Labute approximate surface area is 119 Å². The normalized spacial score (nSPS) is 11.9. The second kappa shape index (κ2) is 6.96. The van der Waals surface area contributed by atoms with Gasteiger partial charge in [-0.1, -0.05) is 31.2 Å². The summed E-state index contributed by atoms with van der Waals surface area (Å²) in [5.41, 5.74) is 2.13. The summed E-state index contributed by atoms with van der Waals surface area (Å²) in [6.07, 6.45) is 0.377. The third-order valence-corrected chi connectivity index (χ3v) is 3.24. The summed E-state index contributed by atoms with van der Waals surface area (Å²) in [5.74, 6) is 1.50. The summed E-state index contributed by atoms with van der Waals surface area (Å²) < 4.78 is 10.7. The van der Waals surface area contributed by atoms with Crippen LogP contribution in [0.5, 0.6) is 11.5 Å². The number of aliphatic hydroxyl groups excluding tert-OH is 1. The second-order valence-electron chi connectivity index (χ2n) is 4.60. The molecule has 0 heterocycles. The van der Waals surface area contributed by atoms with Crippen LogP contribution in [0.3, 0.4) is 0 Å². The van der Waals surface area contributed by atoms with Crippen molar-refractivity contribution >= 4 is 0 Å². The van der Waals surface area contributed by atoms with Crippen LogP contribution < -0.4 is 9.47 Å². The third kappa shape index (κ3) is 3.75. The molecule has 3 heteroatoms. The lowest BCUT2D eigenvalue weighted by molar-refractivity contribution is 0.108. The largest absolute Gasteiger partial charge is 0.497 e. The SMILES string of the molecule is CCc1ccc(C(O)COc2ccc(OC)cc2)cc1. The molecule has 1 N–H and O–H groups in total.